The van der Waals surface area contributed by atoms with Gasteiger partial charge in [-0.15, -0.1) is 0 Å². The molecule has 124 valence electrons. The standard InChI is InChI=1S/C13H17F3N2O3S/c1-3-7-22(20,21)17-11-6-4-5-10(8-11)12(19)18(2)9-13(14,15)16/h4-6,8,17H,3,7,9H2,1-2H3. The first-order valence-electron chi connectivity index (χ1n) is 6.47. The molecule has 0 fully saturated rings. The summed E-state index contributed by atoms with van der Waals surface area (Å²) >= 11 is 0. The minimum atomic E-state index is -4.50. The van der Waals surface area contributed by atoms with E-state index < -0.39 is 28.7 Å². The summed E-state index contributed by atoms with van der Waals surface area (Å²) in [6, 6.07) is 5.36. The molecule has 0 saturated heterocycles. The molecule has 0 aromatic heterocycles. The highest BCUT2D eigenvalue weighted by molar-refractivity contribution is 7.92. The van der Waals surface area contributed by atoms with Crippen molar-refractivity contribution in [1.29, 1.82) is 0 Å². The predicted molar refractivity (Wildman–Crippen MR) is 77.2 cm³/mol. The first kappa shape index (κ1) is 18.3. The van der Waals surface area contributed by atoms with Crippen molar-refractivity contribution in [3.8, 4) is 0 Å². The maximum atomic E-state index is 12.3. The summed E-state index contributed by atoms with van der Waals surface area (Å²) in [5.41, 5.74) is 0.114. The van der Waals surface area contributed by atoms with Crippen LogP contribution < -0.4 is 4.72 Å². The van der Waals surface area contributed by atoms with E-state index in [4.69, 9.17) is 0 Å². The number of benzene rings is 1. The summed E-state index contributed by atoms with van der Waals surface area (Å²) in [6.07, 6.45) is -4.08. The SMILES string of the molecule is CCCS(=O)(=O)Nc1cccc(C(=O)N(C)CC(F)(F)F)c1. The summed E-state index contributed by atoms with van der Waals surface area (Å²) in [7, 11) is -2.50. The largest absolute Gasteiger partial charge is 0.406 e. The lowest BCUT2D eigenvalue weighted by Crippen LogP contribution is -2.35. The third kappa shape index (κ3) is 5.92. The Hall–Kier alpha value is -1.77. The van der Waals surface area contributed by atoms with E-state index in [9.17, 15) is 26.4 Å². The van der Waals surface area contributed by atoms with E-state index in [1.165, 1.54) is 24.3 Å². The molecule has 0 atom stereocenters. The van der Waals surface area contributed by atoms with Crippen molar-refractivity contribution in [2.75, 3.05) is 24.1 Å². The Balaban J connectivity index is 2.90. The van der Waals surface area contributed by atoms with Crippen LogP contribution in [0.2, 0.25) is 0 Å². The fraction of sp³-hybridized carbons (Fsp3) is 0.462. The highest BCUT2D eigenvalue weighted by Crippen LogP contribution is 2.18. The number of carbonyl (C=O) groups is 1. The molecule has 0 radical (unpaired) electrons. The monoisotopic (exact) mass is 338 g/mol. The number of halogens is 3. The zero-order valence-corrected chi connectivity index (χ0v) is 13.0. The van der Waals surface area contributed by atoms with Crippen LogP contribution in [0.15, 0.2) is 24.3 Å². The van der Waals surface area contributed by atoms with Gasteiger partial charge in [0.05, 0.1) is 5.75 Å². The zero-order chi connectivity index (χ0) is 17.0. The Labute approximate surface area is 127 Å². The van der Waals surface area contributed by atoms with E-state index in [0.29, 0.717) is 11.3 Å². The lowest BCUT2D eigenvalue weighted by Gasteiger charge is -2.19. The van der Waals surface area contributed by atoms with Crippen molar-refractivity contribution in [3.63, 3.8) is 0 Å². The molecule has 0 aliphatic rings. The molecule has 0 aliphatic heterocycles. The second-order valence-corrected chi connectivity index (χ2v) is 6.62. The summed E-state index contributed by atoms with van der Waals surface area (Å²) in [5, 5.41) is 0. The molecule has 1 aromatic carbocycles. The maximum absolute atomic E-state index is 12.3. The van der Waals surface area contributed by atoms with Crippen LogP contribution in [-0.2, 0) is 10.0 Å². The average Bonchev–Trinajstić information content (AvgIpc) is 2.35. The first-order valence-corrected chi connectivity index (χ1v) is 8.12. The smallest absolute Gasteiger partial charge is 0.333 e. The molecule has 0 unspecified atom stereocenters. The molecule has 9 heteroatoms. The quantitative estimate of drug-likeness (QED) is 0.866. The van der Waals surface area contributed by atoms with Gasteiger partial charge in [0.1, 0.15) is 6.54 Å². The number of anilines is 1. The number of amides is 1. The van der Waals surface area contributed by atoms with Gasteiger partial charge in [-0.05, 0) is 24.6 Å². The fourth-order valence-electron chi connectivity index (χ4n) is 1.78. The van der Waals surface area contributed by atoms with Crippen LogP contribution in [0.5, 0.6) is 0 Å². The molecule has 1 aromatic rings. The summed E-state index contributed by atoms with van der Waals surface area (Å²) in [5.74, 6) is -0.923. The number of rotatable bonds is 6. The van der Waals surface area contributed by atoms with E-state index in [-0.39, 0.29) is 17.0 Å². The van der Waals surface area contributed by atoms with Gasteiger partial charge in [-0.1, -0.05) is 13.0 Å². The summed E-state index contributed by atoms with van der Waals surface area (Å²) in [4.78, 5) is 12.4. The number of carbonyl (C=O) groups excluding carboxylic acids is 1. The number of nitrogens with zero attached hydrogens (tertiary/aromatic N) is 1. The first-order chi connectivity index (χ1) is 10.0. The van der Waals surface area contributed by atoms with Crippen molar-refractivity contribution in [3.05, 3.63) is 29.8 Å². The third-order valence-corrected chi connectivity index (χ3v) is 4.11. The van der Waals surface area contributed by atoms with Gasteiger partial charge in [-0.25, -0.2) is 8.42 Å². The van der Waals surface area contributed by atoms with Crippen molar-refractivity contribution >= 4 is 21.6 Å². The molecular formula is C13H17F3N2O3S. The Bertz CT molecular complexity index is 630. The van der Waals surface area contributed by atoms with Gasteiger partial charge in [0, 0.05) is 18.3 Å². The van der Waals surface area contributed by atoms with Crippen LogP contribution in [0.25, 0.3) is 0 Å². The van der Waals surface area contributed by atoms with E-state index in [0.717, 1.165) is 7.05 Å². The Kier molecular flexibility index (Phi) is 5.81. The Morgan fingerprint density at radius 1 is 1.32 bits per heavy atom. The van der Waals surface area contributed by atoms with Crippen molar-refractivity contribution in [2.24, 2.45) is 0 Å². The van der Waals surface area contributed by atoms with Crippen molar-refractivity contribution < 1.29 is 26.4 Å². The normalized spacial score (nSPS) is 12.0. The third-order valence-electron chi connectivity index (χ3n) is 2.62. The molecule has 1 amide bonds. The zero-order valence-electron chi connectivity index (χ0n) is 12.1. The average molecular weight is 338 g/mol. The second kappa shape index (κ2) is 6.99. The molecule has 0 bridgehead atoms. The molecule has 5 nitrogen and oxygen atoms in total. The molecule has 0 heterocycles. The van der Waals surface area contributed by atoms with Crippen LogP contribution in [0.1, 0.15) is 23.7 Å². The molecule has 22 heavy (non-hydrogen) atoms. The number of hydrogen-bond donors (Lipinski definition) is 1. The molecule has 1 rings (SSSR count). The van der Waals surface area contributed by atoms with Gasteiger partial charge in [0.2, 0.25) is 10.0 Å². The van der Waals surface area contributed by atoms with Gasteiger partial charge < -0.3 is 4.90 Å². The Morgan fingerprint density at radius 3 is 2.50 bits per heavy atom. The number of alkyl halides is 3. The van der Waals surface area contributed by atoms with Gasteiger partial charge in [0.15, 0.2) is 0 Å². The number of nitrogens with one attached hydrogen (secondary N) is 1. The minimum absolute atomic E-state index is 0.0246. The van der Waals surface area contributed by atoms with Crippen LogP contribution in [-0.4, -0.2) is 44.7 Å². The summed E-state index contributed by atoms with van der Waals surface area (Å²) in [6.45, 7) is 0.322. The Morgan fingerprint density at radius 2 is 1.95 bits per heavy atom. The van der Waals surface area contributed by atoms with Crippen LogP contribution >= 0.6 is 0 Å². The van der Waals surface area contributed by atoms with Crippen LogP contribution in [0, 0.1) is 0 Å². The highest BCUT2D eigenvalue weighted by Gasteiger charge is 2.31. The number of sulfonamides is 1. The number of hydrogen-bond acceptors (Lipinski definition) is 3. The maximum Gasteiger partial charge on any atom is 0.406 e. The fourth-order valence-corrected chi connectivity index (χ4v) is 2.90. The minimum Gasteiger partial charge on any atom is -0.333 e. The van der Waals surface area contributed by atoms with Gasteiger partial charge in [-0.2, -0.15) is 13.2 Å². The molecule has 0 saturated carbocycles. The molecular weight excluding hydrogens is 321 g/mol. The van der Waals surface area contributed by atoms with Crippen LogP contribution in [0.3, 0.4) is 0 Å². The van der Waals surface area contributed by atoms with Crippen LogP contribution in [0.4, 0.5) is 18.9 Å². The molecule has 1 N–H and O–H groups in total. The van der Waals surface area contributed by atoms with Gasteiger partial charge in [0.25, 0.3) is 5.91 Å². The van der Waals surface area contributed by atoms with Crippen molar-refractivity contribution in [2.45, 2.75) is 19.5 Å². The second-order valence-electron chi connectivity index (χ2n) is 4.78. The van der Waals surface area contributed by atoms with E-state index in [2.05, 4.69) is 4.72 Å². The summed E-state index contributed by atoms with van der Waals surface area (Å²) < 4.78 is 62.4. The lowest BCUT2D eigenvalue weighted by atomic mass is 10.2. The van der Waals surface area contributed by atoms with E-state index in [1.807, 2.05) is 0 Å². The highest BCUT2D eigenvalue weighted by atomic mass is 32.2. The molecule has 0 aliphatic carbocycles. The van der Waals surface area contributed by atoms with Gasteiger partial charge >= 0.3 is 6.18 Å². The van der Waals surface area contributed by atoms with E-state index >= 15 is 0 Å². The van der Waals surface area contributed by atoms with E-state index in [1.54, 1.807) is 6.92 Å². The predicted octanol–water partition coefficient (Wildman–Crippen LogP) is 2.47. The lowest BCUT2D eigenvalue weighted by molar-refractivity contribution is -0.138. The topological polar surface area (TPSA) is 66.5 Å². The van der Waals surface area contributed by atoms with Crippen molar-refractivity contribution in [1.82, 2.24) is 4.90 Å². The molecule has 0 spiro atoms. The van der Waals surface area contributed by atoms with Gasteiger partial charge in [-0.3, -0.25) is 9.52 Å².